The molecule has 0 radical (unpaired) electrons. The van der Waals surface area contributed by atoms with Gasteiger partial charge in [0, 0.05) is 87.0 Å². The number of ether oxygens (including phenoxy) is 16. The van der Waals surface area contributed by atoms with E-state index in [1.165, 1.54) is 9.80 Å². The number of carbonyl (C=O) groups is 6. The zero-order valence-electron chi connectivity index (χ0n) is 49.7. The van der Waals surface area contributed by atoms with Gasteiger partial charge < -0.3 is 113 Å². The second-order valence-corrected chi connectivity index (χ2v) is 17.6. The molecule has 482 valence electrons. The van der Waals surface area contributed by atoms with E-state index < -0.39 is 29.7 Å². The van der Waals surface area contributed by atoms with Crippen LogP contribution in [-0.4, -0.2) is 317 Å². The molecule has 0 unspecified atom stereocenters. The summed E-state index contributed by atoms with van der Waals surface area (Å²) in [5, 5.41) is 11.1. The van der Waals surface area contributed by atoms with Gasteiger partial charge in [-0.2, -0.15) is 0 Å². The van der Waals surface area contributed by atoms with Crippen LogP contribution in [0.3, 0.4) is 0 Å². The van der Waals surface area contributed by atoms with Gasteiger partial charge in [-0.3, -0.25) is 28.8 Å². The fourth-order valence-corrected chi connectivity index (χ4v) is 6.55. The first-order valence-electron chi connectivity index (χ1n) is 28.4. The maximum absolute atomic E-state index is 13.8. The van der Waals surface area contributed by atoms with Gasteiger partial charge in [0.15, 0.2) is 0 Å². The largest absolute Gasteiger partial charge is 0.382 e. The zero-order chi connectivity index (χ0) is 60.0. The standard InChI is InChI=1S/C53H103N7O22/c1-67-21-25-75-37-41-79-33-29-71-17-13-57-48(61)7-5-11-55-50(63)45-59(15-19-73-31-35-81-43-39-77-27-23-69-3)52(65)10-9-47(54)53(66)60(16-20-74-32-36-82-44-40-78-28-24-70-4)46-51(64)56-12-6-8-49(62)58-14-18-72-30-34-80-42-38-76-26-22-68-2/h47H,5-46,54H2,1-4H3,(H,55,63)(H,56,64)(H,57,61)(H,58,62)/t47-/m0/s1. The Morgan fingerprint density at radius 3 is 0.927 bits per heavy atom. The second-order valence-electron chi connectivity index (χ2n) is 17.6. The summed E-state index contributed by atoms with van der Waals surface area (Å²) in [6.45, 7) is 10.8. The first-order chi connectivity index (χ1) is 40.1. The molecule has 0 bridgehead atoms. The van der Waals surface area contributed by atoms with Crippen molar-refractivity contribution in [3.63, 3.8) is 0 Å². The molecule has 1 atom stereocenters. The van der Waals surface area contributed by atoms with E-state index in [2.05, 4.69) is 21.3 Å². The molecule has 0 spiro atoms. The highest BCUT2D eigenvalue weighted by atomic mass is 16.6. The van der Waals surface area contributed by atoms with E-state index in [0.717, 1.165) is 0 Å². The number of nitrogens with zero attached hydrogens (tertiary/aromatic N) is 2. The minimum absolute atomic E-state index is 0.00162. The number of nitrogens with two attached hydrogens (primary N) is 1. The van der Waals surface area contributed by atoms with Crippen molar-refractivity contribution in [2.24, 2.45) is 5.73 Å². The molecule has 0 heterocycles. The molecular weight excluding hydrogens is 1090 g/mol. The summed E-state index contributed by atoms with van der Waals surface area (Å²) in [4.78, 5) is 81.2. The van der Waals surface area contributed by atoms with Crippen LogP contribution >= 0.6 is 0 Å². The van der Waals surface area contributed by atoms with Gasteiger partial charge in [-0.25, -0.2) is 0 Å². The topological polar surface area (TPSA) is 331 Å². The smallest absolute Gasteiger partial charge is 0.240 e. The summed E-state index contributed by atoms with van der Waals surface area (Å²) in [7, 11) is 6.39. The molecule has 0 aliphatic heterocycles. The van der Waals surface area contributed by atoms with Crippen molar-refractivity contribution >= 4 is 35.4 Å². The second kappa shape index (κ2) is 61.7. The van der Waals surface area contributed by atoms with Crippen LogP contribution in [0.4, 0.5) is 0 Å². The number of hydrogen-bond acceptors (Lipinski definition) is 23. The van der Waals surface area contributed by atoms with Gasteiger partial charge >= 0.3 is 0 Å². The summed E-state index contributed by atoms with van der Waals surface area (Å²) in [6, 6.07) is -1.19. The number of rotatable bonds is 64. The highest BCUT2D eigenvalue weighted by Crippen LogP contribution is 2.06. The van der Waals surface area contributed by atoms with Crippen molar-refractivity contribution < 1.29 is 105 Å². The maximum atomic E-state index is 13.8. The van der Waals surface area contributed by atoms with Crippen LogP contribution in [-0.2, 0) is 105 Å². The molecule has 0 saturated heterocycles. The first kappa shape index (κ1) is 78.1. The molecule has 29 nitrogen and oxygen atoms in total. The van der Waals surface area contributed by atoms with Crippen LogP contribution in [0, 0.1) is 0 Å². The summed E-state index contributed by atoms with van der Waals surface area (Å²) >= 11 is 0. The monoisotopic (exact) mass is 1190 g/mol. The van der Waals surface area contributed by atoms with Crippen LogP contribution in [0.5, 0.6) is 0 Å². The van der Waals surface area contributed by atoms with Crippen LogP contribution < -0.4 is 27.0 Å². The molecular formula is C53H103N7O22. The Balaban J connectivity index is 5.24. The van der Waals surface area contributed by atoms with Crippen molar-refractivity contribution in [2.75, 3.05) is 266 Å². The zero-order valence-corrected chi connectivity index (χ0v) is 49.7. The van der Waals surface area contributed by atoms with Crippen LogP contribution in [0.2, 0.25) is 0 Å². The summed E-state index contributed by atoms with van der Waals surface area (Å²) < 4.78 is 85.4. The molecule has 29 heteroatoms. The Hall–Kier alpha value is -3.86. The normalized spacial score (nSPS) is 11.6. The average molecular weight is 1190 g/mol. The molecule has 82 heavy (non-hydrogen) atoms. The van der Waals surface area contributed by atoms with E-state index in [1.54, 1.807) is 28.4 Å². The lowest BCUT2D eigenvalue weighted by atomic mass is 10.1. The van der Waals surface area contributed by atoms with Crippen molar-refractivity contribution in [1.82, 2.24) is 31.1 Å². The van der Waals surface area contributed by atoms with Crippen molar-refractivity contribution in [1.29, 1.82) is 0 Å². The minimum Gasteiger partial charge on any atom is -0.382 e. The van der Waals surface area contributed by atoms with Gasteiger partial charge in [0.1, 0.15) is 0 Å². The molecule has 0 saturated carbocycles. The van der Waals surface area contributed by atoms with Gasteiger partial charge in [-0.05, 0) is 19.3 Å². The Bertz CT molecular complexity index is 1520. The molecule has 6 amide bonds. The summed E-state index contributed by atoms with van der Waals surface area (Å²) in [5.74, 6) is -2.40. The van der Waals surface area contributed by atoms with E-state index in [1.807, 2.05) is 0 Å². The maximum Gasteiger partial charge on any atom is 0.240 e. The van der Waals surface area contributed by atoms with Crippen LogP contribution in [0.25, 0.3) is 0 Å². The van der Waals surface area contributed by atoms with Gasteiger partial charge in [-0.15, -0.1) is 0 Å². The van der Waals surface area contributed by atoms with Crippen molar-refractivity contribution in [3.8, 4) is 0 Å². The third-order valence-electron chi connectivity index (χ3n) is 11.0. The SMILES string of the molecule is COCCOCCOCCOCCNC(=O)CCCNC(=O)CN(CCOCCOCCOCCOC)C(=O)CC[C@H](N)C(=O)N(CCOCCOCCOCCOC)CC(=O)NCCCC(=O)NCCOCCOCCOCCOC. The lowest BCUT2D eigenvalue weighted by Crippen LogP contribution is -2.49. The fourth-order valence-electron chi connectivity index (χ4n) is 6.55. The van der Waals surface area contributed by atoms with E-state index in [9.17, 15) is 28.8 Å². The summed E-state index contributed by atoms with van der Waals surface area (Å²) in [6.07, 6.45) is 0.688. The Kier molecular flexibility index (Phi) is 58.8. The molecule has 0 aromatic carbocycles. The van der Waals surface area contributed by atoms with Gasteiger partial charge in [-0.1, -0.05) is 0 Å². The summed E-state index contributed by atoms with van der Waals surface area (Å²) in [5.41, 5.74) is 6.41. The molecule has 0 fully saturated rings. The molecule has 0 aliphatic rings. The third kappa shape index (κ3) is 54.1. The minimum atomic E-state index is -1.19. The Labute approximate surface area is 486 Å². The number of carbonyl (C=O) groups excluding carboxylic acids is 6. The van der Waals surface area contributed by atoms with Crippen LogP contribution in [0.15, 0.2) is 0 Å². The lowest BCUT2D eigenvalue weighted by Gasteiger charge is -2.26. The third-order valence-corrected chi connectivity index (χ3v) is 11.0. The number of methoxy groups -OCH3 is 4. The predicted molar refractivity (Wildman–Crippen MR) is 298 cm³/mol. The van der Waals surface area contributed by atoms with E-state index in [-0.39, 0.29) is 116 Å². The highest BCUT2D eigenvalue weighted by molar-refractivity contribution is 5.88. The van der Waals surface area contributed by atoms with Crippen molar-refractivity contribution in [3.05, 3.63) is 0 Å². The van der Waals surface area contributed by atoms with Gasteiger partial charge in [0.25, 0.3) is 0 Å². The van der Waals surface area contributed by atoms with E-state index >= 15 is 0 Å². The van der Waals surface area contributed by atoms with Crippen LogP contribution in [0.1, 0.15) is 38.5 Å². The van der Waals surface area contributed by atoms with E-state index in [0.29, 0.717) is 171 Å². The van der Waals surface area contributed by atoms with Gasteiger partial charge in [0.05, 0.1) is 204 Å². The molecule has 6 N–H and O–H groups in total. The lowest BCUT2D eigenvalue weighted by molar-refractivity contribution is -0.139. The first-order valence-corrected chi connectivity index (χ1v) is 28.4. The predicted octanol–water partition coefficient (Wildman–Crippen LogP) is -2.44. The molecule has 0 rings (SSSR count). The fraction of sp³-hybridized carbons (Fsp3) is 0.887. The van der Waals surface area contributed by atoms with Crippen molar-refractivity contribution in [2.45, 2.75) is 44.6 Å². The van der Waals surface area contributed by atoms with E-state index in [4.69, 9.17) is 81.5 Å². The number of amides is 6. The Morgan fingerprint density at radius 1 is 0.329 bits per heavy atom. The Morgan fingerprint density at radius 2 is 0.598 bits per heavy atom. The van der Waals surface area contributed by atoms with Gasteiger partial charge in [0.2, 0.25) is 35.4 Å². The quantitative estimate of drug-likeness (QED) is 0.0395. The number of hydrogen-bond donors (Lipinski definition) is 5. The molecule has 0 aliphatic carbocycles. The number of nitrogens with one attached hydrogen (secondary N) is 4. The average Bonchev–Trinajstić information content (AvgIpc) is 3.49. The molecule has 0 aromatic rings. The molecule has 0 aromatic heterocycles. The highest BCUT2D eigenvalue weighted by Gasteiger charge is 2.26.